The van der Waals surface area contributed by atoms with Crippen molar-refractivity contribution in [2.24, 2.45) is 0 Å². The van der Waals surface area contributed by atoms with Crippen LogP contribution in [-0.4, -0.2) is 30.4 Å². The van der Waals surface area contributed by atoms with E-state index in [1.54, 1.807) is 24.3 Å². The number of anilines is 2. The zero-order valence-corrected chi connectivity index (χ0v) is 19.7. The zero-order valence-electron chi connectivity index (χ0n) is 18.2. The van der Waals surface area contributed by atoms with Crippen LogP contribution in [0.2, 0.25) is 10.0 Å². The molecule has 8 heteroatoms. The predicted octanol–water partition coefficient (Wildman–Crippen LogP) is 5.38. The summed E-state index contributed by atoms with van der Waals surface area (Å²) in [6, 6.07) is 9.19. The first kappa shape index (κ1) is 22.4. The summed E-state index contributed by atoms with van der Waals surface area (Å²) < 4.78 is 0. The number of imide groups is 2. The molecule has 2 aromatic rings. The number of carbonyl (C=O) groups excluding carboxylic acids is 3. The standard InChI is InChI=1S/C24H23Cl2N3O3/c1-13-12-24(2,3)28(4)20-11-19(26)14(9-17(13)20)10-18-21(30)27-23(32)29(22(18)31)16-7-5-15(25)6-8-16/h5-11,13H,12H2,1-4H3,(H,27,30,32)/b18-10+/t13-/m1/s1. The first-order valence-corrected chi connectivity index (χ1v) is 11.0. The average Bonchev–Trinajstić information content (AvgIpc) is 2.71. The normalized spacial score (nSPS) is 21.6. The van der Waals surface area contributed by atoms with Crippen molar-refractivity contribution in [3.8, 4) is 0 Å². The van der Waals surface area contributed by atoms with Crippen molar-refractivity contribution in [2.45, 2.75) is 38.6 Å². The van der Waals surface area contributed by atoms with Gasteiger partial charge < -0.3 is 4.90 Å². The molecule has 0 bridgehead atoms. The fourth-order valence-electron chi connectivity index (χ4n) is 4.35. The molecule has 166 valence electrons. The van der Waals surface area contributed by atoms with Gasteiger partial charge in [-0.05, 0) is 79.8 Å². The van der Waals surface area contributed by atoms with E-state index < -0.39 is 17.8 Å². The number of nitrogens with one attached hydrogen (secondary N) is 1. The molecule has 6 nitrogen and oxygen atoms in total. The molecule has 4 amide bonds. The maximum absolute atomic E-state index is 13.1. The van der Waals surface area contributed by atoms with Gasteiger partial charge >= 0.3 is 6.03 Å². The van der Waals surface area contributed by atoms with Crippen molar-refractivity contribution in [3.05, 3.63) is 63.1 Å². The van der Waals surface area contributed by atoms with Crippen LogP contribution < -0.4 is 15.1 Å². The van der Waals surface area contributed by atoms with Gasteiger partial charge in [0.25, 0.3) is 11.8 Å². The van der Waals surface area contributed by atoms with Gasteiger partial charge in [0.05, 0.1) is 5.69 Å². The number of carbonyl (C=O) groups is 3. The van der Waals surface area contributed by atoms with Gasteiger partial charge in [0.1, 0.15) is 5.57 Å². The molecule has 0 aromatic heterocycles. The number of hydrogen-bond donors (Lipinski definition) is 1. The lowest BCUT2D eigenvalue weighted by Crippen LogP contribution is -2.54. The molecule has 2 heterocycles. The predicted molar refractivity (Wildman–Crippen MR) is 127 cm³/mol. The van der Waals surface area contributed by atoms with Crippen molar-refractivity contribution >= 4 is 58.5 Å². The minimum Gasteiger partial charge on any atom is -0.369 e. The maximum Gasteiger partial charge on any atom is 0.335 e. The molecule has 0 spiro atoms. The summed E-state index contributed by atoms with van der Waals surface area (Å²) in [6.45, 7) is 6.52. The Morgan fingerprint density at radius 3 is 2.41 bits per heavy atom. The second-order valence-electron chi connectivity index (χ2n) is 8.84. The average molecular weight is 472 g/mol. The minimum absolute atomic E-state index is 0.0195. The second kappa shape index (κ2) is 7.94. The number of fused-ring (bicyclic) bond motifs is 1. The van der Waals surface area contributed by atoms with Crippen LogP contribution in [0.4, 0.5) is 16.2 Å². The van der Waals surface area contributed by atoms with Crippen LogP contribution in [0.3, 0.4) is 0 Å². The van der Waals surface area contributed by atoms with E-state index in [-0.39, 0.29) is 17.0 Å². The van der Waals surface area contributed by atoms with Crippen LogP contribution in [0.15, 0.2) is 42.0 Å². The third-order valence-electron chi connectivity index (χ3n) is 6.24. The number of halogens is 2. The summed E-state index contributed by atoms with van der Waals surface area (Å²) in [5.74, 6) is -1.21. The van der Waals surface area contributed by atoms with Gasteiger partial charge in [-0.15, -0.1) is 0 Å². The van der Waals surface area contributed by atoms with Crippen LogP contribution >= 0.6 is 23.2 Å². The number of benzene rings is 2. The smallest absolute Gasteiger partial charge is 0.335 e. The third-order valence-corrected chi connectivity index (χ3v) is 6.82. The van der Waals surface area contributed by atoms with Gasteiger partial charge in [-0.25, -0.2) is 9.69 Å². The number of hydrogen-bond acceptors (Lipinski definition) is 4. The Hall–Kier alpha value is -2.83. The molecular weight excluding hydrogens is 449 g/mol. The van der Waals surface area contributed by atoms with Crippen molar-refractivity contribution in [1.29, 1.82) is 0 Å². The Kier molecular flexibility index (Phi) is 5.55. The molecule has 1 N–H and O–H groups in total. The molecule has 0 unspecified atom stereocenters. The fraction of sp³-hybridized carbons (Fsp3) is 0.292. The van der Waals surface area contributed by atoms with Crippen LogP contribution in [0, 0.1) is 0 Å². The first-order valence-electron chi connectivity index (χ1n) is 10.2. The van der Waals surface area contributed by atoms with Crippen molar-refractivity contribution < 1.29 is 14.4 Å². The Balaban J connectivity index is 1.77. The lowest BCUT2D eigenvalue weighted by atomic mass is 9.80. The highest BCUT2D eigenvalue weighted by atomic mass is 35.5. The summed E-state index contributed by atoms with van der Waals surface area (Å²) in [6.07, 6.45) is 2.40. The SMILES string of the molecule is C[C@@H]1CC(C)(C)N(C)c2cc(Cl)c(/C=C3\C(=O)NC(=O)N(c4ccc(Cl)cc4)C3=O)cc21. The summed E-state index contributed by atoms with van der Waals surface area (Å²) in [5, 5.41) is 3.11. The Labute approximate surface area is 196 Å². The van der Waals surface area contributed by atoms with Crippen LogP contribution in [0.25, 0.3) is 6.08 Å². The van der Waals surface area contributed by atoms with Gasteiger partial charge in [0, 0.05) is 28.3 Å². The Morgan fingerprint density at radius 1 is 1.09 bits per heavy atom. The quantitative estimate of drug-likeness (QED) is 0.471. The molecule has 2 aliphatic rings. The molecule has 1 fully saturated rings. The maximum atomic E-state index is 13.1. The highest BCUT2D eigenvalue weighted by Crippen LogP contribution is 2.44. The summed E-state index contributed by atoms with van der Waals surface area (Å²) in [4.78, 5) is 41.2. The van der Waals surface area contributed by atoms with Gasteiger partial charge in [0.2, 0.25) is 0 Å². The molecule has 2 aromatic carbocycles. The summed E-state index contributed by atoms with van der Waals surface area (Å²) >= 11 is 12.5. The number of rotatable bonds is 2. The van der Waals surface area contributed by atoms with E-state index in [2.05, 4.69) is 31.0 Å². The van der Waals surface area contributed by atoms with E-state index in [0.717, 1.165) is 22.6 Å². The van der Waals surface area contributed by atoms with Gasteiger partial charge in [-0.2, -0.15) is 0 Å². The topological polar surface area (TPSA) is 69.7 Å². The van der Waals surface area contributed by atoms with Gasteiger partial charge in [0.15, 0.2) is 0 Å². The van der Waals surface area contributed by atoms with Crippen LogP contribution in [0.1, 0.15) is 44.2 Å². The van der Waals surface area contributed by atoms with Crippen molar-refractivity contribution in [3.63, 3.8) is 0 Å². The highest BCUT2D eigenvalue weighted by Gasteiger charge is 2.38. The van der Waals surface area contributed by atoms with Crippen LogP contribution in [-0.2, 0) is 9.59 Å². The molecule has 0 saturated carbocycles. The lowest BCUT2D eigenvalue weighted by Gasteiger charge is -2.45. The van der Waals surface area contributed by atoms with E-state index in [4.69, 9.17) is 23.2 Å². The monoisotopic (exact) mass is 471 g/mol. The Bertz CT molecular complexity index is 1170. The van der Waals surface area contributed by atoms with E-state index in [0.29, 0.717) is 21.3 Å². The molecule has 4 rings (SSSR count). The van der Waals surface area contributed by atoms with Gasteiger partial charge in [-0.3, -0.25) is 14.9 Å². The molecule has 32 heavy (non-hydrogen) atoms. The van der Waals surface area contributed by atoms with E-state index in [9.17, 15) is 14.4 Å². The molecular formula is C24H23Cl2N3O3. The minimum atomic E-state index is -0.812. The molecule has 2 aliphatic heterocycles. The third kappa shape index (κ3) is 3.78. The lowest BCUT2D eigenvalue weighted by molar-refractivity contribution is -0.122. The molecule has 0 aliphatic carbocycles. The molecule has 1 atom stereocenters. The number of nitrogens with zero attached hydrogens (tertiary/aromatic N) is 2. The number of amides is 4. The fourth-order valence-corrected chi connectivity index (χ4v) is 4.69. The van der Waals surface area contributed by atoms with Crippen LogP contribution in [0.5, 0.6) is 0 Å². The second-order valence-corrected chi connectivity index (χ2v) is 9.69. The van der Waals surface area contributed by atoms with Crippen molar-refractivity contribution in [2.75, 3.05) is 16.8 Å². The number of urea groups is 1. The van der Waals surface area contributed by atoms with E-state index in [1.807, 2.05) is 19.2 Å². The Morgan fingerprint density at radius 2 is 1.75 bits per heavy atom. The zero-order chi connectivity index (χ0) is 23.4. The molecule has 1 saturated heterocycles. The summed E-state index contributed by atoms with van der Waals surface area (Å²) in [5.41, 5.74) is 2.79. The number of barbiturate groups is 1. The van der Waals surface area contributed by atoms with E-state index >= 15 is 0 Å². The highest BCUT2D eigenvalue weighted by molar-refractivity contribution is 6.40. The largest absolute Gasteiger partial charge is 0.369 e. The van der Waals surface area contributed by atoms with Crippen molar-refractivity contribution in [1.82, 2.24) is 5.32 Å². The summed E-state index contributed by atoms with van der Waals surface area (Å²) in [7, 11) is 2.03. The van der Waals surface area contributed by atoms with Gasteiger partial charge in [-0.1, -0.05) is 30.1 Å². The first-order chi connectivity index (χ1) is 15.0. The molecule has 0 radical (unpaired) electrons. The van der Waals surface area contributed by atoms with E-state index in [1.165, 1.54) is 6.08 Å².